The number of carbonyl (C=O) groups excluding carboxylic acids is 1. The van der Waals surface area contributed by atoms with Crippen LogP contribution in [-0.4, -0.2) is 19.3 Å². The Hall–Kier alpha value is -2.42. The van der Waals surface area contributed by atoms with Crippen LogP contribution in [0.15, 0.2) is 52.7 Å². The molecule has 2 N–H and O–H groups in total. The van der Waals surface area contributed by atoms with Crippen molar-refractivity contribution in [3.8, 4) is 11.3 Å². The third kappa shape index (κ3) is 4.65. The second-order valence-electron chi connectivity index (χ2n) is 5.76. The van der Waals surface area contributed by atoms with Crippen molar-refractivity contribution in [1.29, 1.82) is 0 Å². The SMILES string of the molecule is CC(=O)Nc1ccc(S(=O)(=O)Nc2ccc(-c3csc(C)n3)cc2)cc1Cl. The van der Waals surface area contributed by atoms with Crippen molar-refractivity contribution in [2.75, 3.05) is 10.0 Å². The summed E-state index contributed by atoms with van der Waals surface area (Å²) in [6.07, 6.45) is 0. The fourth-order valence-corrected chi connectivity index (χ4v) is 4.37. The molecule has 0 aliphatic rings. The Labute approximate surface area is 166 Å². The van der Waals surface area contributed by atoms with Gasteiger partial charge in [-0.25, -0.2) is 13.4 Å². The van der Waals surface area contributed by atoms with Gasteiger partial charge in [-0.1, -0.05) is 23.7 Å². The Morgan fingerprint density at radius 1 is 1.15 bits per heavy atom. The number of nitrogens with one attached hydrogen (secondary N) is 2. The third-order valence-electron chi connectivity index (χ3n) is 3.61. The maximum atomic E-state index is 12.6. The first-order valence-corrected chi connectivity index (χ1v) is 10.6. The highest BCUT2D eigenvalue weighted by Gasteiger charge is 2.16. The van der Waals surface area contributed by atoms with Gasteiger partial charge in [0.25, 0.3) is 10.0 Å². The highest BCUT2D eigenvalue weighted by atomic mass is 35.5. The number of nitrogens with zero attached hydrogens (tertiary/aromatic N) is 1. The van der Waals surface area contributed by atoms with E-state index in [-0.39, 0.29) is 15.8 Å². The lowest BCUT2D eigenvalue weighted by Gasteiger charge is -2.11. The van der Waals surface area contributed by atoms with Crippen LogP contribution in [0.2, 0.25) is 5.02 Å². The molecular weight excluding hydrogens is 406 g/mol. The summed E-state index contributed by atoms with van der Waals surface area (Å²) in [5.41, 5.74) is 2.54. The lowest BCUT2D eigenvalue weighted by Crippen LogP contribution is -2.13. The van der Waals surface area contributed by atoms with E-state index in [1.807, 2.05) is 12.3 Å². The van der Waals surface area contributed by atoms with E-state index < -0.39 is 10.0 Å². The molecule has 1 heterocycles. The van der Waals surface area contributed by atoms with Gasteiger partial charge < -0.3 is 5.32 Å². The normalized spacial score (nSPS) is 11.2. The second-order valence-corrected chi connectivity index (χ2v) is 8.91. The van der Waals surface area contributed by atoms with E-state index in [0.29, 0.717) is 11.4 Å². The van der Waals surface area contributed by atoms with Gasteiger partial charge in [-0.15, -0.1) is 11.3 Å². The number of rotatable bonds is 5. The molecule has 1 amide bonds. The van der Waals surface area contributed by atoms with E-state index in [9.17, 15) is 13.2 Å². The summed E-state index contributed by atoms with van der Waals surface area (Å²) >= 11 is 7.62. The molecule has 3 rings (SSSR count). The van der Waals surface area contributed by atoms with Crippen LogP contribution in [0.5, 0.6) is 0 Å². The first kappa shape index (κ1) is 19.3. The Kier molecular flexibility index (Phi) is 5.50. The van der Waals surface area contributed by atoms with Crippen LogP contribution in [0.3, 0.4) is 0 Å². The number of halogens is 1. The van der Waals surface area contributed by atoms with Crippen LogP contribution in [0.25, 0.3) is 11.3 Å². The highest BCUT2D eigenvalue weighted by Crippen LogP contribution is 2.27. The predicted octanol–water partition coefficient (Wildman–Crippen LogP) is 4.53. The standard InChI is InChI=1S/C18H16ClN3O3S2/c1-11(23)20-17-8-7-15(9-16(17)19)27(24,25)22-14-5-3-13(4-6-14)18-10-26-12(2)21-18/h3-10,22H,1-2H3,(H,20,23). The van der Waals surface area contributed by atoms with Gasteiger partial charge in [0.05, 0.1) is 26.3 Å². The van der Waals surface area contributed by atoms with Crippen LogP contribution in [0.4, 0.5) is 11.4 Å². The van der Waals surface area contributed by atoms with Crippen molar-refractivity contribution >= 4 is 50.2 Å². The van der Waals surface area contributed by atoms with Crippen LogP contribution >= 0.6 is 22.9 Å². The predicted molar refractivity (Wildman–Crippen MR) is 109 cm³/mol. The fraction of sp³-hybridized carbons (Fsp3) is 0.111. The summed E-state index contributed by atoms with van der Waals surface area (Å²) in [5, 5.41) is 5.59. The van der Waals surface area contributed by atoms with Gasteiger partial charge in [-0.3, -0.25) is 9.52 Å². The van der Waals surface area contributed by atoms with Gasteiger partial charge >= 0.3 is 0 Å². The number of aryl methyl sites for hydroxylation is 1. The maximum Gasteiger partial charge on any atom is 0.261 e. The van der Waals surface area contributed by atoms with E-state index >= 15 is 0 Å². The van der Waals surface area contributed by atoms with Gasteiger partial charge in [0.2, 0.25) is 5.91 Å². The number of amides is 1. The van der Waals surface area contributed by atoms with E-state index in [1.165, 1.54) is 25.1 Å². The summed E-state index contributed by atoms with van der Waals surface area (Å²) in [6, 6.07) is 11.1. The topological polar surface area (TPSA) is 88.2 Å². The summed E-state index contributed by atoms with van der Waals surface area (Å²) < 4.78 is 27.7. The summed E-state index contributed by atoms with van der Waals surface area (Å²) in [7, 11) is -3.82. The molecule has 9 heteroatoms. The van der Waals surface area contributed by atoms with Crippen LogP contribution < -0.4 is 10.0 Å². The molecule has 0 atom stereocenters. The van der Waals surface area contributed by atoms with Crippen molar-refractivity contribution < 1.29 is 13.2 Å². The van der Waals surface area contributed by atoms with Crippen molar-refractivity contribution in [3.05, 3.63) is 57.9 Å². The first-order valence-electron chi connectivity index (χ1n) is 7.87. The smallest absolute Gasteiger partial charge is 0.261 e. The lowest BCUT2D eigenvalue weighted by atomic mass is 10.1. The average Bonchev–Trinajstić information content (AvgIpc) is 3.03. The number of thiazole rings is 1. The molecule has 2 aromatic carbocycles. The molecule has 0 fully saturated rings. The number of anilines is 2. The number of hydrogen-bond donors (Lipinski definition) is 2. The quantitative estimate of drug-likeness (QED) is 0.633. The largest absolute Gasteiger partial charge is 0.325 e. The first-order chi connectivity index (χ1) is 12.7. The van der Waals surface area contributed by atoms with Gasteiger partial charge in [0.15, 0.2) is 0 Å². The molecule has 0 unspecified atom stereocenters. The molecule has 0 aliphatic carbocycles. The minimum atomic E-state index is -3.82. The maximum absolute atomic E-state index is 12.6. The molecule has 140 valence electrons. The summed E-state index contributed by atoms with van der Waals surface area (Å²) in [6.45, 7) is 3.28. The number of aromatic nitrogens is 1. The van der Waals surface area contributed by atoms with Crippen molar-refractivity contribution in [3.63, 3.8) is 0 Å². The lowest BCUT2D eigenvalue weighted by molar-refractivity contribution is -0.114. The van der Waals surface area contributed by atoms with Gasteiger partial charge in [0.1, 0.15) is 0 Å². The molecule has 0 spiro atoms. The third-order valence-corrected chi connectivity index (χ3v) is 6.08. The molecule has 27 heavy (non-hydrogen) atoms. The zero-order valence-corrected chi connectivity index (χ0v) is 16.9. The van der Waals surface area contributed by atoms with Gasteiger partial charge in [-0.05, 0) is 37.3 Å². The zero-order valence-electron chi connectivity index (χ0n) is 14.5. The number of benzene rings is 2. The second kappa shape index (κ2) is 7.67. The van der Waals surface area contributed by atoms with E-state index in [4.69, 9.17) is 11.6 Å². The summed E-state index contributed by atoms with van der Waals surface area (Å²) in [5.74, 6) is -0.291. The molecule has 0 saturated heterocycles. The van der Waals surface area contributed by atoms with Crippen LogP contribution in [0.1, 0.15) is 11.9 Å². The van der Waals surface area contributed by atoms with Crippen molar-refractivity contribution in [2.45, 2.75) is 18.7 Å². The van der Waals surface area contributed by atoms with Crippen molar-refractivity contribution in [1.82, 2.24) is 4.98 Å². The van der Waals surface area contributed by atoms with E-state index in [1.54, 1.807) is 35.6 Å². The molecule has 0 saturated carbocycles. The van der Waals surface area contributed by atoms with Crippen LogP contribution in [0, 0.1) is 6.92 Å². The van der Waals surface area contributed by atoms with Crippen LogP contribution in [-0.2, 0) is 14.8 Å². The monoisotopic (exact) mass is 421 g/mol. The van der Waals surface area contributed by atoms with E-state index in [2.05, 4.69) is 15.0 Å². The Morgan fingerprint density at radius 2 is 1.85 bits per heavy atom. The number of hydrogen-bond acceptors (Lipinski definition) is 5. The fourth-order valence-electron chi connectivity index (χ4n) is 2.37. The minimum absolute atomic E-state index is 0.000745. The number of carbonyl (C=O) groups is 1. The number of sulfonamides is 1. The van der Waals surface area contributed by atoms with E-state index in [0.717, 1.165) is 16.3 Å². The molecule has 6 nitrogen and oxygen atoms in total. The molecular formula is C18H16ClN3O3S2. The Bertz CT molecular complexity index is 1090. The molecule has 0 radical (unpaired) electrons. The van der Waals surface area contributed by atoms with Gasteiger partial charge in [0, 0.05) is 23.6 Å². The zero-order chi connectivity index (χ0) is 19.6. The summed E-state index contributed by atoms with van der Waals surface area (Å²) in [4.78, 5) is 15.5. The molecule has 3 aromatic rings. The average molecular weight is 422 g/mol. The molecule has 1 aromatic heterocycles. The Morgan fingerprint density at radius 3 is 2.41 bits per heavy atom. The molecule has 0 bridgehead atoms. The molecule has 0 aliphatic heterocycles. The minimum Gasteiger partial charge on any atom is -0.325 e. The Balaban J connectivity index is 1.80. The van der Waals surface area contributed by atoms with Gasteiger partial charge in [-0.2, -0.15) is 0 Å². The highest BCUT2D eigenvalue weighted by molar-refractivity contribution is 7.92. The van der Waals surface area contributed by atoms with Crippen molar-refractivity contribution in [2.24, 2.45) is 0 Å².